The molecule has 0 unspecified atom stereocenters. The lowest BCUT2D eigenvalue weighted by molar-refractivity contribution is -0.136. The third-order valence-electron chi connectivity index (χ3n) is 2.87. The Hall–Kier alpha value is -2.49. The third-order valence-corrected chi connectivity index (χ3v) is 2.87. The standard InChI is InChI=1S/C14H10O4/c15-9-2-4-12-11(7-9)10-3-1-8(6-14(16)17)5-13(10)18-12/h1-5,7,15H,6H2,(H,16,17). The molecule has 4 heteroatoms. The van der Waals surface area contributed by atoms with Gasteiger partial charge in [-0.2, -0.15) is 0 Å². The van der Waals surface area contributed by atoms with Crippen LogP contribution in [0.3, 0.4) is 0 Å². The topological polar surface area (TPSA) is 70.7 Å². The number of fused-ring (bicyclic) bond motifs is 3. The van der Waals surface area contributed by atoms with Crippen molar-refractivity contribution in [3.63, 3.8) is 0 Å². The van der Waals surface area contributed by atoms with Gasteiger partial charge in [-0.15, -0.1) is 0 Å². The van der Waals surface area contributed by atoms with Crippen molar-refractivity contribution in [3.8, 4) is 5.75 Å². The second kappa shape index (κ2) is 3.77. The summed E-state index contributed by atoms with van der Waals surface area (Å²) in [6.07, 6.45) is -0.0295. The van der Waals surface area contributed by atoms with E-state index in [9.17, 15) is 9.90 Å². The zero-order valence-corrected chi connectivity index (χ0v) is 9.38. The zero-order valence-electron chi connectivity index (χ0n) is 9.38. The Morgan fingerprint density at radius 2 is 1.89 bits per heavy atom. The molecule has 3 aromatic rings. The molecule has 0 atom stereocenters. The summed E-state index contributed by atoms with van der Waals surface area (Å²) in [6, 6.07) is 10.2. The van der Waals surface area contributed by atoms with Crippen LogP contribution in [0.4, 0.5) is 0 Å². The van der Waals surface area contributed by atoms with Crippen LogP contribution in [0.2, 0.25) is 0 Å². The molecule has 0 amide bonds. The maximum Gasteiger partial charge on any atom is 0.307 e. The molecule has 2 N–H and O–H groups in total. The molecule has 0 aliphatic carbocycles. The molecule has 1 heterocycles. The summed E-state index contributed by atoms with van der Waals surface area (Å²) < 4.78 is 5.63. The van der Waals surface area contributed by atoms with Gasteiger partial charge in [0.05, 0.1) is 6.42 Å². The molecule has 0 aliphatic rings. The summed E-state index contributed by atoms with van der Waals surface area (Å²) in [5, 5.41) is 19.9. The number of carboxylic acid groups (broad SMARTS) is 1. The van der Waals surface area contributed by atoms with Crippen molar-refractivity contribution in [2.45, 2.75) is 6.42 Å². The number of hydrogen-bond donors (Lipinski definition) is 2. The van der Waals surface area contributed by atoms with E-state index in [0.29, 0.717) is 16.7 Å². The Balaban J connectivity index is 2.23. The van der Waals surface area contributed by atoms with Gasteiger partial charge in [0.15, 0.2) is 0 Å². The number of phenolic OH excluding ortho intramolecular Hbond substituents is 1. The maximum absolute atomic E-state index is 10.7. The van der Waals surface area contributed by atoms with E-state index in [4.69, 9.17) is 9.52 Å². The minimum absolute atomic E-state index is 0.0295. The first kappa shape index (κ1) is 10.7. The van der Waals surface area contributed by atoms with E-state index in [1.54, 1.807) is 30.3 Å². The van der Waals surface area contributed by atoms with Crippen molar-refractivity contribution in [3.05, 3.63) is 42.0 Å². The van der Waals surface area contributed by atoms with Crippen LogP contribution in [0, 0.1) is 0 Å². The summed E-state index contributed by atoms with van der Waals surface area (Å²) in [6.45, 7) is 0. The van der Waals surface area contributed by atoms with Crippen LogP contribution in [-0.2, 0) is 11.2 Å². The molecule has 2 aromatic carbocycles. The van der Waals surface area contributed by atoms with Gasteiger partial charge in [0.1, 0.15) is 16.9 Å². The van der Waals surface area contributed by atoms with Gasteiger partial charge in [-0.1, -0.05) is 12.1 Å². The van der Waals surface area contributed by atoms with Crippen LogP contribution in [0.5, 0.6) is 5.75 Å². The van der Waals surface area contributed by atoms with E-state index < -0.39 is 5.97 Å². The van der Waals surface area contributed by atoms with Gasteiger partial charge < -0.3 is 14.6 Å². The van der Waals surface area contributed by atoms with E-state index in [2.05, 4.69) is 0 Å². The molecule has 0 fully saturated rings. The number of hydrogen-bond acceptors (Lipinski definition) is 3. The van der Waals surface area contributed by atoms with Crippen molar-refractivity contribution in [2.24, 2.45) is 0 Å². The number of furan rings is 1. The quantitative estimate of drug-likeness (QED) is 0.724. The van der Waals surface area contributed by atoms with Crippen molar-refractivity contribution < 1.29 is 19.4 Å². The lowest BCUT2D eigenvalue weighted by atomic mass is 10.1. The van der Waals surface area contributed by atoms with E-state index in [1.807, 2.05) is 6.07 Å². The summed E-state index contributed by atoms with van der Waals surface area (Å²) in [7, 11) is 0. The minimum Gasteiger partial charge on any atom is -0.508 e. The Bertz CT molecular complexity index is 755. The van der Waals surface area contributed by atoms with E-state index in [1.165, 1.54) is 0 Å². The lowest BCUT2D eigenvalue weighted by Crippen LogP contribution is -1.99. The first-order valence-corrected chi connectivity index (χ1v) is 5.49. The van der Waals surface area contributed by atoms with Crippen LogP contribution in [0.25, 0.3) is 21.9 Å². The first-order chi connectivity index (χ1) is 8.63. The van der Waals surface area contributed by atoms with Crippen LogP contribution in [0.15, 0.2) is 40.8 Å². The molecule has 0 bridgehead atoms. The fraction of sp³-hybridized carbons (Fsp3) is 0.0714. The maximum atomic E-state index is 10.7. The first-order valence-electron chi connectivity index (χ1n) is 5.49. The third kappa shape index (κ3) is 1.68. The molecule has 1 aromatic heterocycles. The van der Waals surface area contributed by atoms with Gasteiger partial charge in [-0.25, -0.2) is 0 Å². The monoisotopic (exact) mass is 242 g/mol. The number of rotatable bonds is 2. The number of benzene rings is 2. The summed E-state index contributed by atoms with van der Waals surface area (Å²) in [4.78, 5) is 10.7. The van der Waals surface area contributed by atoms with Gasteiger partial charge in [-0.05, 0) is 29.8 Å². The fourth-order valence-electron chi connectivity index (χ4n) is 2.09. The molecular formula is C14H10O4. The summed E-state index contributed by atoms with van der Waals surface area (Å²) >= 11 is 0. The predicted molar refractivity (Wildman–Crippen MR) is 66.7 cm³/mol. The van der Waals surface area contributed by atoms with E-state index >= 15 is 0 Å². The average Bonchev–Trinajstić information content (AvgIpc) is 2.65. The Labute approximate surface area is 102 Å². The molecule has 18 heavy (non-hydrogen) atoms. The number of aromatic hydroxyl groups is 1. The number of carbonyl (C=O) groups is 1. The summed E-state index contributed by atoms with van der Waals surface area (Å²) in [5.74, 6) is -0.692. The molecule has 0 spiro atoms. The Kier molecular flexibility index (Phi) is 2.23. The van der Waals surface area contributed by atoms with Crippen LogP contribution < -0.4 is 0 Å². The number of phenols is 1. The molecule has 0 saturated heterocycles. The minimum atomic E-state index is -0.872. The second-order valence-corrected chi connectivity index (χ2v) is 4.18. The molecule has 90 valence electrons. The molecular weight excluding hydrogens is 232 g/mol. The van der Waals surface area contributed by atoms with Crippen molar-refractivity contribution in [1.29, 1.82) is 0 Å². The van der Waals surface area contributed by atoms with Crippen LogP contribution >= 0.6 is 0 Å². The van der Waals surface area contributed by atoms with Gasteiger partial charge in [0.25, 0.3) is 0 Å². The largest absolute Gasteiger partial charge is 0.508 e. The van der Waals surface area contributed by atoms with E-state index in [0.717, 1.165) is 10.8 Å². The van der Waals surface area contributed by atoms with Crippen LogP contribution in [0.1, 0.15) is 5.56 Å². The van der Waals surface area contributed by atoms with Gasteiger partial charge in [-0.3, -0.25) is 4.79 Å². The highest BCUT2D eigenvalue weighted by molar-refractivity contribution is 6.05. The van der Waals surface area contributed by atoms with Crippen LogP contribution in [-0.4, -0.2) is 16.2 Å². The van der Waals surface area contributed by atoms with Gasteiger partial charge in [0.2, 0.25) is 0 Å². The predicted octanol–water partition coefficient (Wildman–Crippen LogP) is 2.92. The molecule has 0 aliphatic heterocycles. The fourth-order valence-corrected chi connectivity index (χ4v) is 2.09. The Morgan fingerprint density at radius 3 is 2.67 bits per heavy atom. The normalized spacial score (nSPS) is 11.1. The van der Waals surface area contributed by atoms with E-state index in [-0.39, 0.29) is 12.2 Å². The SMILES string of the molecule is O=C(O)Cc1ccc2c(c1)oc1ccc(O)cc12. The highest BCUT2D eigenvalue weighted by Gasteiger charge is 2.09. The molecule has 4 nitrogen and oxygen atoms in total. The lowest BCUT2D eigenvalue weighted by Gasteiger charge is -1.96. The van der Waals surface area contributed by atoms with Crippen molar-refractivity contribution in [2.75, 3.05) is 0 Å². The van der Waals surface area contributed by atoms with Gasteiger partial charge >= 0.3 is 5.97 Å². The number of aliphatic carboxylic acids is 1. The summed E-state index contributed by atoms with van der Waals surface area (Å²) in [5.41, 5.74) is 2.00. The number of carboxylic acids is 1. The van der Waals surface area contributed by atoms with Gasteiger partial charge in [0, 0.05) is 10.8 Å². The Morgan fingerprint density at radius 1 is 1.06 bits per heavy atom. The van der Waals surface area contributed by atoms with Crippen molar-refractivity contribution >= 4 is 27.9 Å². The molecule has 0 saturated carbocycles. The smallest absolute Gasteiger partial charge is 0.307 e. The zero-order chi connectivity index (χ0) is 12.7. The average molecular weight is 242 g/mol. The molecule has 0 radical (unpaired) electrons. The van der Waals surface area contributed by atoms with Crippen molar-refractivity contribution in [1.82, 2.24) is 0 Å². The highest BCUT2D eigenvalue weighted by atomic mass is 16.4. The highest BCUT2D eigenvalue weighted by Crippen LogP contribution is 2.31. The second-order valence-electron chi connectivity index (χ2n) is 4.18. The molecule has 3 rings (SSSR count).